The van der Waals surface area contributed by atoms with Crippen molar-refractivity contribution in [3.05, 3.63) is 85.1 Å². The van der Waals surface area contributed by atoms with Gasteiger partial charge in [0.2, 0.25) is 5.91 Å². The topological polar surface area (TPSA) is 228 Å². The SMILES string of the molecule is CC/C=C\C/C=C\C/C=C\C/C=C\C/C=C\CCCCCCCC(=O)NC(COC1OC(CO)C(OC2OC(CO)C(O)C(O)C2O)C(O)C1O)C(O)/C=C/CC/C=C/CCCCCCCCCCC. The molecule has 2 saturated heterocycles. The largest absolute Gasteiger partial charge is 0.394 e. The number of allylic oxidation sites excluding steroid dienone is 13. The van der Waals surface area contributed by atoms with Crippen molar-refractivity contribution in [2.45, 2.75) is 242 Å². The molecule has 0 aromatic carbocycles. The number of aliphatic hydroxyl groups is 8. The van der Waals surface area contributed by atoms with Gasteiger partial charge in [0.25, 0.3) is 0 Å². The highest BCUT2D eigenvalue weighted by atomic mass is 16.7. The number of amides is 1. The third kappa shape index (κ3) is 27.8. The van der Waals surface area contributed by atoms with Crippen LogP contribution in [0.3, 0.4) is 0 Å². The molecular formula is C56H95NO13. The Hall–Kier alpha value is -2.83. The molecule has 14 nitrogen and oxygen atoms in total. The van der Waals surface area contributed by atoms with Crippen LogP contribution in [0.2, 0.25) is 0 Å². The second-order valence-electron chi connectivity index (χ2n) is 18.6. The molecule has 1 amide bonds. The van der Waals surface area contributed by atoms with Gasteiger partial charge in [-0.3, -0.25) is 4.79 Å². The van der Waals surface area contributed by atoms with Crippen LogP contribution in [-0.4, -0.2) is 140 Å². The third-order valence-electron chi connectivity index (χ3n) is 12.6. The Kier molecular flexibility index (Phi) is 37.6. The van der Waals surface area contributed by atoms with Crippen LogP contribution in [0.1, 0.15) is 168 Å². The molecule has 12 atom stereocenters. The quantitative estimate of drug-likeness (QED) is 0.0212. The maximum atomic E-state index is 13.2. The number of ether oxygens (including phenoxy) is 4. The lowest BCUT2D eigenvalue weighted by Gasteiger charge is -2.46. The molecule has 12 unspecified atom stereocenters. The molecule has 0 saturated carbocycles. The summed E-state index contributed by atoms with van der Waals surface area (Å²) >= 11 is 0. The van der Waals surface area contributed by atoms with Gasteiger partial charge in [0.15, 0.2) is 12.6 Å². The number of unbranched alkanes of at least 4 members (excludes halogenated alkanes) is 15. The fourth-order valence-electron chi connectivity index (χ4n) is 8.21. The fraction of sp³-hybridized carbons (Fsp3) is 0.732. The highest BCUT2D eigenvalue weighted by Crippen LogP contribution is 2.30. The first-order chi connectivity index (χ1) is 34.1. The maximum Gasteiger partial charge on any atom is 0.220 e. The van der Waals surface area contributed by atoms with Crippen molar-refractivity contribution < 1.29 is 64.6 Å². The van der Waals surface area contributed by atoms with Gasteiger partial charge in [-0.1, -0.05) is 170 Å². The van der Waals surface area contributed by atoms with Crippen molar-refractivity contribution in [3.63, 3.8) is 0 Å². The Bertz CT molecular complexity index is 1500. The molecule has 2 rings (SSSR count). The summed E-state index contributed by atoms with van der Waals surface area (Å²) < 4.78 is 22.7. The van der Waals surface area contributed by atoms with Crippen LogP contribution >= 0.6 is 0 Å². The van der Waals surface area contributed by atoms with E-state index in [4.69, 9.17) is 18.9 Å². The van der Waals surface area contributed by atoms with E-state index in [2.05, 4.69) is 92.1 Å². The normalized spacial score (nSPS) is 26.7. The van der Waals surface area contributed by atoms with Gasteiger partial charge in [-0.2, -0.15) is 0 Å². The van der Waals surface area contributed by atoms with E-state index in [1.807, 2.05) is 6.08 Å². The van der Waals surface area contributed by atoms with Crippen molar-refractivity contribution in [2.75, 3.05) is 19.8 Å². The number of carbonyl (C=O) groups excluding carboxylic acids is 1. The van der Waals surface area contributed by atoms with E-state index < -0.39 is 86.8 Å². The lowest BCUT2D eigenvalue weighted by Crippen LogP contribution is -2.65. The van der Waals surface area contributed by atoms with Crippen LogP contribution in [0.25, 0.3) is 0 Å². The summed E-state index contributed by atoms with van der Waals surface area (Å²) in [5, 5.41) is 86.8. The summed E-state index contributed by atoms with van der Waals surface area (Å²) in [5.41, 5.74) is 0. The Labute approximate surface area is 420 Å². The van der Waals surface area contributed by atoms with E-state index in [1.165, 1.54) is 57.8 Å². The molecule has 0 bridgehead atoms. The molecule has 70 heavy (non-hydrogen) atoms. The summed E-state index contributed by atoms with van der Waals surface area (Å²) in [6.07, 6.45) is 37.6. The Morgan fingerprint density at radius 1 is 0.529 bits per heavy atom. The van der Waals surface area contributed by atoms with Gasteiger partial charge in [0, 0.05) is 6.42 Å². The molecule has 2 fully saturated rings. The number of nitrogens with one attached hydrogen (secondary N) is 1. The van der Waals surface area contributed by atoms with Gasteiger partial charge in [0.1, 0.15) is 48.8 Å². The van der Waals surface area contributed by atoms with Crippen molar-refractivity contribution in [3.8, 4) is 0 Å². The van der Waals surface area contributed by atoms with Crippen LogP contribution in [-0.2, 0) is 23.7 Å². The van der Waals surface area contributed by atoms with Gasteiger partial charge in [-0.05, 0) is 77.0 Å². The predicted molar refractivity (Wildman–Crippen MR) is 276 cm³/mol. The molecule has 9 N–H and O–H groups in total. The Morgan fingerprint density at radius 2 is 1.00 bits per heavy atom. The monoisotopic (exact) mass is 990 g/mol. The summed E-state index contributed by atoms with van der Waals surface area (Å²) in [5.74, 6) is -0.273. The number of rotatable bonds is 40. The van der Waals surface area contributed by atoms with E-state index in [9.17, 15) is 45.6 Å². The molecule has 2 aliphatic heterocycles. The van der Waals surface area contributed by atoms with Crippen molar-refractivity contribution in [2.24, 2.45) is 0 Å². The zero-order valence-corrected chi connectivity index (χ0v) is 42.7. The number of aliphatic hydroxyl groups excluding tert-OH is 8. The van der Waals surface area contributed by atoms with E-state index in [0.717, 1.165) is 77.0 Å². The number of carbonyl (C=O) groups is 1. The number of hydrogen-bond donors (Lipinski definition) is 9. The molecule has 0 spiro atoms. The Morgan fingerprint density at radius 3 is 1.57 bits per heavy atom. The maximum absolute atomic E-state index is 13.2. The molecule has 14 heteroatoms. The average molecular weight is 990 g/mol. The average Bonchev–Trinajstić information content (AvgIpc) is 3.36. The minimum Gasteiger partial charge on any atom is -0.394 e. The molecular weight excluding hydrogens is 895 g/mol. The lowest BCUT2D eigenvalue weighted by molar-refractivity contribution is -0.359. The second-order valence-corrected chi connectivity index (χ2v) is 18.6. The van der Waals surface area contributed by atoms with Crippen molar-refractivity contribution in [1.82, 2.24) is 5.32 Å². The minimum absolute atomic E-state index is 0.246. The first kappa shape index (κ1) is 63.3. The zero-order valence-electron chi connectivity index (χ0n) is 42.7. The van der Waals surface area contributed by atoms with Gasteiger partial charge < -0.3 is 65.1 Å². The fourth-order valence-corrected chi connectivity index (χ4v) is 8.21. The first-order valence-electron chi connectivity index (χ1n) is 26.8. The first-order valence-corrected chi connectivity index (χ1v) is 26.8. The molecule has 0 aromatic rings. The van der Waals surface area contributed by atoms with Crippen molar-refractivity contribution in [1.29, 1.82) is 0 Å². The lowest BCUT2D eigenvalue weighted by atomic mass is 9.97. The summed E-state index contributed by atoms with van der Waals surface area (Å²) in [7, 11) is 0. The van der Waals surface area contributed by atoms with Crippen molar-refractivity contribution >= 4 is 5.91 Å². The molecule has 2 aliphatic rings. The van der Waals surface area contributed by atoms with E-state index in [1.54, 1.807) is 6.08 Å². The van der Waals surface area contributed by atoms with Crippen LogP contribution in [0.4, 0.5) is 0 Å². The smallest absolute Gasteiger partial charge is 0.220 e. The molecule has 0 aromatic heterocycles. The van der Waals surface area contributed by atoms with Crippen LogP contribution in [0.15, 0.2) is 85.1 Å². The Balaban J connectivity index is 1.84. The molecule has 0 aliphatic carbocycles. The molecule has 0 radical (unpaired) electrons. The summed E-state index contributed by atoms with van der Waals surface area (Å²) in [6.45, 7) is 2.62. The highest BCUT2D eigenvalue weighted by molar-refractivity contribution is 5.76. The second kappa shape index (κ2) is 41.6. The molecule has 2 heterocycles. The van der Waals surface area contributed by atoms with Gasteiger partial charge in [0.05, 0.1) is 32.0 Å². The van der Waals surface area contributed by atoms with Crippen LogP contribution in [0.5, 0.6) is 0 Å². The minimum atomic E-state index is -1.80. The molecule has 402 valence electrons. The van der Waals surface area contributed by atoms with Gasteiger partial charge in [-0.15, -0.1) is 0 Å². The summed E-state index contributed by atoms with van der Waals surface area (Å²) in [6, 6.07) is -0.946. The number of hydrogen-bond acceptors (Lipinski definition) is 13. The van der Waals surface area contributed by atoms with E-state index >= 15 is 0 Å². The predicted octanol–water partition coefficient (Wildman–Crippen LogP) is 7.77. The van der Waals surface area contributed by atoms with Gasteiger partial charge in [-0.25, -0.2) is 0 Å². The van der Waals surface area contributed by atoms with E-state index in [-0.39, 0.29) is 18.9 Å². The van der Waals surface area contributed by atoms with Crippen LogP contribution < -0.4 is 5.32 Å². The van der Waals surface area contributed by atoms with Gasteiger partial charge >= 0.3 is 0 Å². The third-order valence-corrected chi connectivity index (χ3v) is 12.6. The van der Waals surface area contributed by atoms with Crippen LogP contribution in [0, 0.1) is 0 Å². The zero-order chi connectivity index (χ0) is 51.0. The van der Waals surface area contributed by atoms with E-state index in [0.29, 0.717) is 12.8 Å². The highest BCUT2D eigenvalue weighted by Gasteiger charge is 2.51. The standard InChI is InChI=1S/C56H95NO13/c1-3-5-7-9-11-13-15-17-19-20-21-22-23-24-26-28-30-32-34-36-38-40-48(61)57-44(45(60)39-37-35-33-31-29-27-25-18-16-14-12-10-8-6-4-2)43-67-55-53(66)51(64)54(47(42-59)69-55)70-56-52(65)50(63)49(62)46(41-58)68-56/h5,7,11,13,17,19,21-22,24,26,29,31,37,39,44-47,49-56,58-60,62-66H,3-4,6,8-10,12,14-16,18,20,23,25,27-28,30,32-36,38,40-43H2,1-2H3,(H,57,61)/b7-5-,13-11-,19-17-,22-21-,26-24-,31-29+,39-37+. The summed E-state index contributed by atoms with van der Waals surface area (Å²) in [4.78, 5) is 13.2.